The maximum atomic E-state index is 12.7. The molecule has 3 aromatic rings. The first-order valence-electron chi connectivity index (χ1n) is 9.26. The van der Waals surface area contributed by atoms with Crippen LogP contribution in [0.5, 0.6) is 0 Å². The van der Waals surface area contributed by atoms with Crippen molar-refractivity contribution in [3.8, 4) is 0 Å². The van der Waals surface area contributed by atoms with E-state index >= 15 is 0 Å². The number of fused-ring (bicyclic) bond motifs is 1. The van der Waals surface area contributed by atoms with Gasteiger partial charge in [-0.15, -0.1) is 0 Å². The van der Waals surface area contributed by atoms with E-state index in [2.05, 4.69) is 30.8 Å². The Balaban J connectivity index is 1.41. The van der Waals surface area contributed by atoms with Gasteiger partial charge in [-0.2, -0.15) is 10.1 Å². The third-order valence-electron chi connectivity index (χ3n) is 4.55. The van der Waals surface area contributed by atoms with Gasteiger partial charge in [0, 0.05) is 32.1 Å². The number of amides is 1. The van der Waals surface area contributed by atoms with Crippen molar-refractivity contribution in [2.24, 2.45) is 0 Å². The molecule has 4 rings (SSSR count). The van der Waals surface area contributed by atoms with E-state index in [-0.39, 0.29) is 5.91 Å². The Morgan fingerprint density at radius 3 is 3.11 bits per heavy atom. The van der Waals surface area contributed by atoms with E-state index in [1.54, 1.807) is 13.1 Å². The molecule has 0 saturated heterocycles. The maximum Gasteiger partial charge on any atom is 0.255 e. The fourth-order valence-corrected chi connectivity index (χ4v) is 3.29. The highest BCUT2D eigenvalue weighted by Crippen LogP contribution is 2.24. The Morgan fingerprint density at radius 1 is 1.39 bits per heavy atom. The van der Waals surface area contributed by atoms with Crippen LogP contribution in [0, 0.1) is 6.92 Å². The molecule has 1 aliphatic rings. The lowest BCUT2D eigenvalue weighted by molar-refractivity contribution is 0.102. The summed E-state index contributed by atoms with van der Waals surface area (Å²) in [6, 6.07) is 7.60. The van der Waals surface area contributed by atoms with Gasteiger partial charge in [-0.1, -0.05) is 17.3 Å². The van der Waals surface area contributed by atoms with E-state index in [0.717, 1.165) is 30.9 Å². The summed E-state index contributed by atoms with van der Waals surface area (Å²) in [6.07, 6.45) is 2.72. The van der Waals surface area contributed by atoms with Gasteiger partial charge in [0.15, 0.2) is 5.82 Å². The summed E-state index contributed by atoms with van der Waals surface area (Å²) in [4.78, 5) is 19.0. The van der Waals surface area contributed by atoms with Crippen LogP contribution in [0.25, 0.3) is 0 Å². The zero-order valence-electron chi connectivity index (χ0n) is 16.0. The third kappa shape index (κ3) is 4.04. The van der Waals surface area contributed by atoms with Crippen LogP contribution in [-0.2, 0) is 19.6 Å². The fourth-order valence-electron chi connectivity index (χ4n) is 3.29. The molecule has 0 atom stereocenters. The van der Waals surface area contributed by atoms with Gasteiger partial charge in [0.25, 0.3) is 5.91 Å². The summed E-state index contributed by atoms with van der Waals surface area (Å²) in [5.74, 6) is 1.92. The molecular formula is C19H23N7O2. The predicted molar refractivity (Wildman–Crippen MR) is 104 cm³/mol. The van der Waals surface area contributed by atoms with E-state index in [9.17, 15) is 4.79 Å². The molecule has 0 fully saturated rings. The summed E-state index contributed by atoms with van der Waals surface area (Å²) in [7, 11) is 1.98. The predicted octanol–water partition coefficient (Wildman–Crippen LogP) is 2.27. The molecule has 0 bridgehead atoms. The van der Waals surface area contributed by atoms with Crippen molar-refractivity contribution in [1.82, 2.24) is 24.8 Å². The molecule has 3 heterocycles. The van der Waals surface area contributed by atoms with Crippen molar-refractivity contribution >= 4 is 17.4 Å². The Morgan fingerprint density at radius 2 is 2.29 bits per heavy atom. The molecule has 0 saturated carbocycles. The molecular weight excluding hydrogens is 358 g/mol. The zero-order valence-corrected chi connectivity index (χ0v) is 16.0. The monoisotopic (exact) mass is 381 g/mol. The highest BCUT2D eigenvalue weighted by Gasteiger charge is 2.17. The van der Waals surface area contributed by atoms with Gasteiger partial charge in [0.05, 0.1) is 12.7 Å². The number of nitrogens with one attached hydrogen (secondary N) is 2. The second-order valence-corrected chi connectivity index (χ2v) is 6.97. The second kappa shape index (κ2) is 7.81. The van der Waals surface area contributed by atoms with E-state index in [0.29, 0.717) is 36.1 Å². The third-order valence-corrected chi connectivity index (χ3v) is 4.55. The number of hydrogen-bond donors (Lipinski definition) is 2. The molecule has 0 aliphatic carbocycles. The first-order chi connectivity index (χ1) is 13.6. The minimum absolute atomic E-state index is 0.151. The van der Waals surface area contributed by atoms with Gasteiger partial charge in [-0.25, -0.2) is 4.68 Å². The van der Waals surface area contributed by atoms with E-state index in [1.165, 1.54) is 0 Å². The second-order valence-electron chi connectivity index (χ2n) is 6.97. The molecule has 0 spiro atoms. The summed E-state index contributed by atoms with van der Waals surface area (Å²) in [5.41, 5.74) is 2.35. The highest BCUT2D eigenvalue weighted by molar-refractivity contribution is 6.05. The van der Waals surface area contributed by atoms with Gasteiger partial charge < -0.3 is 15.2 Å². The number of rotatable bonds is 6. The minimum atomic E-state index is -0.151. The van der Waals surface area contributed by atoms with E-state index in [1.807, 2.05) is 36.0 Å². The maximum absolute atomic E-state index is 12.7. The number of carbonyl (C=O) groups is 1. The van der Waals surface area contributed by atoms with Crippen LogP contribution in [0.3, 0.4) is 0 Å². The Labute approximate surface area is 162 Å². The molecule has 9 nitrogen and oxygen atoms in total. The van der Waals surface area contributed by atoms with Crippen LogP contribution in [0.1, 0.15) is 34.1 Å². The zero-order chi connectivity index (χ0) is 19.5. The lowest BCUT2D eigenvalue weighted by atomic mass is 10.1. The number of aromatic nitrogens is 4. The average molecular weight is 381 g/mol. The first kappa shape index (κ1) is 18.2. The number of hydrogen-bond acceptors (Lipinski definition) is 7. The largest absolute Gasteiger partial charge is 0.368 e. The first-order valence-corrected chi connectivity index (χ1v) is 9.26. The van der Waals surface area contributed by atoms with Crippen molar-refractivity contribution in [3.05, 3.63) is 53.3 Å². The Hall–Kier alpha value is -3.20. The van der Waals surface area contributed by atoms with Crippen LogP contribution >= 0.6 is 0 Å². The van der Waals surface area contributed by atoms with Gasteiger partial charge in [-0.05, 0) is 31.2 Å². The van der Waals surface area contributed by atoms with E-state index < -0.39 is 0 Å². The van der Waals surface area contributed by atoms with Crippen molar-refractivity contribution in [2.45, 2.75) is 33.0 Å². The van der Waals surface area contributed by atoms with Crippen LogP contribution in [0.15, 0.2) is 35.0 Å². The number of benzene rings is 1. The number of aryl methyl sites for hydroxylation is 2. The van der Waals surface area contributed by atoms with Crippen molar-refractivity contribution in [2.75, 3.05) is 24.2 Å². The van der Waals surface area contributed by atoms with Crippen molar-refractivity contribution in [3.63, 3.8) is 0 Å². The molecule has 0 radical (unpaired) electrons. The number of anilines is 2. The van der Waals surface area contributed by atoms with Gasteiger partial charge in [-0.3, -0.25) is 9.69 Å². The lowest BCUT2D eigenvalue weighted by Crippen LogP contribution is -2.20. The van der Waals surface area contributed by atoms with Crippen LogP contribution < -0.4 is 10.6 Å². The summed E-state index contributed by atoms with van der Waals surface area (Å²) >= 11 is 0. The molecule has 1 amide bonds. The summed E-state index contributed by atoms with van der Waals surface area (Å²) in [5, 5.41) is 14.5. The topological polar surface area (TPSA) is 101 Å². The molecule has 9 heteroatoms. The van der Waals surface area contributed by atoms with Gasteiger partial charge in [0.1, 0.15) is 11.5 Å². The highest BCUT2D eigenvalue weighted by atomic mass is 16.5. The average Bonchev–Trinajstić information content (AvgIpc) is 3.28. The van der Waals surface area contributed by atoms with Crippen molar-refractivity contribution in [1.29, 1.82) is 0 Å². The molecule has 2 aromatic heterocycles. The Bertz CT molecular complexity index is 978. The molecule has 0 unspecified atom stereocenters. The Kier molecular flexibility index (Phi) is 5.07. The van der Waals surface area contributed by atoms with E-state index in [4.69, 9.17) is 4.52 Å². The number of carbonyl (C=O) groups excluding carboxylic acids is 1. The van der Waals surface area contributed by atoms with Crippen LogP contribution in [-0.4, -0.2) is 44.3 Å². The summed E-state index contributed by atoms with van der Waals surface area (Å²) in [6.45, 7) is 4.75. The smallest absolute Gasteiger partial charge is 0.255 e. The fraction of sp³-hybridized carbons (Fsp3) is 0.368. The van der Waals surface area contributed by atoms with Gasteiger partial charge >= 0.3 is 0 Å². The quantitative estimate of drug-likeness (QED) is 0.675. The van der Waals surface area contributed by atoms with Crippen molar-refractivity contribution < 1.29 is 9.32 Å². The number of nitrogens with zero attached hydrogens (tertiary/aromatic N) is 5. The molecule has 2 N–H and O–H groups in total. The normalized spacial score (nSPS) is 13.2. The minimum Gasteiger partial charge on any atom is -0.368 e. The molecule has 28 heavy (non-hydrogen) atoms. The molecule has 1 aliphatic heterocycles. The molecule has 1 aromatic carbocycles. The standard InChI is InChI=1S/C19H23N7O2/c1-13-22-17(24-28-13)12-25(2)11-14-5-3-6-15(9-14)19(27)23-16-10-21-26-8-4-7-20-18(16)26/h3,5-6,9-10,20H,4,7-8,11-12H2,1-2H3,(H,23,27). The summed E-state index contributed by atoms with van der Waals surface area (Å²) < 4.78 is 6.88. The lowest BCUT2D eigenvalue weighted by Gasteiger charge is -2.17. The SMILES string of the molecule is Cc1nc(CN(C)Cc2cccc(C(=O)Nc3cnn4c3NCCC4)c2)no1. The van der Waals surface area contributed by atoms with Crippen LogP contribution in [0.4, 0.5) is 11.5 Å². The van der Waals surface area contributed by atoms with Gasteiger partial charge in [0.2, 0.25) is 5.89 Å². The molecule has 146 valence electrons. The van der Waals surface area contributed by atoms with Crippen LogP contribution in [0.2, 0.25) is 0 Å².